The average Bonchev–Trinajstić information content (AvgIpc) is 2.69. The van der Waals surface area contributed by atoms with E-state index in [1.165, 1.54) is 9.75 Å². The molecule has 0 saturated heterocycles. The van der Waals surface area contributed by atoms with Crippen molar-refractivity contribution in [3.63, 3.8) is 0 Å². The second-order valence-corrected chi connectivity index (χ2v) is 5.10. The van der Waals surface area contributed by atoms with Crippen molar-refractivity contribution in [2.45, 2.75) is 19.9 Å². The number of thiophene rings is 1. The topological polar surface area (TPSA) is 50.9 Å². The molecule has 3 nitrogen and oxygen atoms in total. The summed E-state index contributed by atoms with van der Waals surface area (Å²) < 4.78 is 0. The molecule has 0 amide bonds. The van der Waals surface area contributed by atoms with Crippen LogP contribution in [0.1, 0.15) is 27.1 Å². The molecule has 0 aromatic carbocycles. The van der Waals surface area contributed by atoms with E-state index in [4.69, 9.17) is 5.84 Å². The van der Waals surface area contributed by atoms with Crippen molar-refractivity contribution in [1.29, 1.82) is 0 Å². The van der Waals surface area contributed by atoms with E-state index < -0.39 is 0 Å². The molecule has 16 heavy (non-hydrogen) atoms. The molecular formula is C12H15N3S. The third-order valence-electron chi connectivity index (χ3n) is 2.48. The maximum absolute atomic E-state index is 5.61. The Kier molecular flexibility index (Phi) is 3.33. The minimum atomic E-state index is 0.0341. The Labute approximate surface area is 99.3 Å². The zero-order chi connectivity index (χ0) is 11.5. The first-order valence-electron chi connectivity index (χ1n) is 5.15. The number of hydrazine groups is 1. The van der Waals surface area contributed by atoms with Crippen LogP contribution in [0.25, 0.3) is 0 Å². The van der Waals surface area contributed by atoms with Gasteiger partial charge in [-0.05, 0) is 37.6 Å². The second kappa shape index (κ2) is 4.74. The van der Waals surface area contributed by atoms with E-state index in [1.54, 1.807) is 11.3 Å². The monoisotopic (exact) mass is 233 g/mol. The van der Waals surface area contributed by atoms with Crippen molar-refractivity contribution >= 4 is 11.3 Å². The lowest BCUT2D eigenvalue weighted by Crippen LogP contribution is -2.28. The Morgan fingerprint density at radius 3 is 2.56 bits per heavy atom. The minimum absolute atomic E-state index is 0.0341. The highest BCUT2D eigenvalue weighted by Crippen LogP contribution is 2.27. The van der Waals surface area contributed by atoms with E-state index in [-0.39, 0.29) is 6.04 Å². The largest absolute Gasteiger partial charge is 0.271 e. The second-order valence-electron chi connectivity index (χ2n) is 3.78. The van der Waals surface area contributed by atoms with Gasteiger partial charge in [0.15, 0.2) is 0 Å². The van der Waals surface area contributed by atoms with Crippen LogP contribution < -0.4 is 11.3 Å². The summed E-state index contributed by atoms with van der Waals surface area (Å²) in [7, 11) is 0. The highest BCUT2D eigenvalue weighted by atomic mass is 32.1. The Balaban J connectivity index is 2.32. The van der Waals surface area contributed by atoms with Gasteiger partial charge in [0, 0.05) is 21.6 Å². The highest BCUT2D eigenvalue weighted by Gasteiger charge is 2.14. The normalized spacial score (nSPS) is 12.7. The Bertz CT molecular complexity index is 461. The zero-order valence-corrected chi connectivity index (χ0v) is 10.2. The molecule has 0 spiro atoms. The van der Waals surface area contributed by atoms with E-state index >= 15 is 0 Å². The van der Waals surface area contributed by atoms with Crippen molar-refractivity contribution in [2.75, 3.05) is 0 Å². The fourth-order valence-electron chi connectivity index (χ4n) is 1.60. The zero-order valence-electron chi connectivity index (χ0n) is 9.40. The quantitative estimate of drug-likeness (QED) is 0.632. The van der Waals surface area contributed by atoms with Gasteiger partial charge in [-0.1, -0.05) is 6.07 Å². The Morgan fingerprint density at radius 1 is 1.25 bits per heavy atom. The number of aryl methyl sites for hydroxylation is 2. The van der Waals surface area contributed by atoms with Crippen molar-refractivity contribution in [1.82, 2.24) is 10.4 Å². The van der Waals surface area contributed by atoms with Crippen molar-refractivity contribution in [3.05, 3.63) is 51.5 Å². The standard InChI is InChI=1S/C12H15N3S/c1-8-3-5-10(7-14-8)12(15-13)11-6-4-9(2)16-11/h3-7,12,15H,13H2,1-2H3. The van der Waals surface area contributed by atoms with Gasteiger partial charge in [-0.25, -0.2) is 5.43 Å². The maximum Gasteiger partial charge on any atom is 0.0817 e. The van der Waals surface area contributed by atoms with Gasteiger partial charge in [-0.2, -0.15) is 0 Å². The average molecular weight is 233 g/mol. The smallest absolute Gasteiger partial charge is 0.0817 e. The first-order chi connectivity index (χ1) is 7.70. The molecule has 2 aromatic heterocycles. The summed E-state index contributed by atoms with van der Waals surface area (Å²) in [5.74, 6) is 5.61. The summed E-state index contributed by atoms with van der Waals surface area (Å²) in [5, 5.41) is 0. The molecular weight excluding hydrogens is 218 g/mol. The van der Waals surface area contributed by atoms with Crippen LogP contribution in [0.3, 0.4) is 0 Å². The lowest BCUT2D eigenvalue weighted by Gasteiger charge is -2.14. The van der Waals surface area contributed by atoms with E-state index in [1.807, 2.05) is 19.2 Å². The molecule has 3 N–H and O–H groups in total. The van der Waals surface area contributed by atoms with Gasteiger partial charge in [-0.15, -0.1) is 11.3 Å². The lowest BCUT2D eigenvalue weighted by atomic mass is 10.1. The fourth-order valence-corrected chi connectivity index (χ4v) is 2.57. The van der Waals surface area contributed by atoms with Crippen molar-refractivity contribution in [2.24, 2.45) is 5.84 Å². The summed E-state index contributed by atoms with van der Waals surface area (Å²) in [4.78, 5) is 6.79. The first-order valence-corrected chi connectivity index (χ1v) is 5.97. The van der Waals surface area contributed by atoms with Gasteiger partial charge in [0.25, 0.3) is 0 Å². The fraction of sp³-hybridized carbons (Fsp3) is 0.250. The summed E-state index contributed by atoms with van der Waals surface area (Å²) in [6.07, 6.45) is 1.87. The Hall–Kier alpha value is -1.23. The van der Waals surface area contributed by atoms with Gasteiger partial charge >= 0.3 is 0 Å². The minimum Gasteiger partial charge on any atom is -0.271 e. The molecule has 2 aromatic rings. The maximum atomic E-state index is 5.61. The molecule has 0 fully saturated rings. The molecule has 0 radical (unpaired) electrons. The molecule has 0 aliphatic carbocycles. The van der Waals surface area contributed by atoms with Crippen molar-refractivity contribution in [3.8, 4) is 0 Å². The summed E-state index contributed by atoms with van der Waals surface area (Å²) in [5.41, 5.74) is 4.95. The molecule has 0 bridgehead atoms. The van der Waals surface area contributed by atoms with Crippen LogP contribution in [0, 0.1) is 13.8 Å². The number of pyridine rings is 1. The number of nitrogens with one attached hydrogen (secondary N) is 1. The predicted molar refractivity (Wildman–Crippen MR) is 67.2 cm³/mol. The molecule has 1 atom stereocenters. The van der Waals surface area contributed by atoms with Crippen LogP contribution in [0.15, 0.2) is 30.5 Å². The van der Waals surface area contributed by atoms with Crippen LogP contribution in [0.4, 0.5) is 0 Å². The van der Waals surface area contributed by atoms with Crippen LogP contribution in [-0.4, -0.2) is 4.98 Å². The number of nitrogens with zero attached hydrogens (tertiary/aromatic N) is 1. The highest BCUT2D eigenvalue weighted by molar-refractivity contribution is 7.12. The molecule has 1 unspecified atom stereocenters. The van der Waals surface area contributed by atoms with E-state index in [0.717, 1.165) is 11.3 Å². The molecule has 0 aliphatic rings. The number of hydrogen-bond donors (Lipinski definition) is 2. The SMILES string of the molecule is Cc1ccc(C(NN)c2ccc(C)s2)cn1. The number of aromatic nitrogens is 1. The predicted octanol–water partition coefficient (Wildman–Crippen LogP) is 2.31. The van der Waals surface area contributed by atoms with Gasteiger partial charge in [-0.3, -0.25) is 10.8 Å². The van der Waals surface area contributed by atoms with E-state index in [0.29, 0.717) is 0 Å². The van der Waals surface area contributed by atoms with Crippen LogP contribution in [-0.2, 0) is 0 Å². The summed E-state index contributed by atoms with van der Waals surface area (Å²) in [6, 6.07) is 8.30. The van der Waals surface area contributed by atoms with E-state index in [2.05, 4.69) is 35.5 Å². The number of rotatable bonds is 3. The molecule has 4 heteroatoms. The first kappa shape index (κ1) is 11.3. The molecule has 2 rings (SSSR count). The Morgan fingerprint density at radius 2 is 2.06 bits per heavy atom. The molecule has 0 aliphatic heterocycles. The lowest BCUT2D eigenvalue weighted by molar-refractivity contribution is 0.644. The molecule has 2 heterocycles. The summed E-state index contributed by atoms with van der Waals surface area (Å²) in [6.45, 7) is 4.07. The summed E-state index contributed by atoms with van der Waals surface area (Å²) >= 11 is 1.75. The number of hydrogen-bond acceptors (Lipinski definition) is 4. The number of nitrogens with two attached hydrogens (primary N) is 1. The van der Waals surface area contributed by atoms with Crippen molar-refractivity contribution < 1.29 is 0 Å². The van der Waals surface area contributed by atoms with Gasteiger partial charge < -0.3 is 0 Å². The third-order valence-corrected chi connectivity index (χ3v) is 3.55. The van der Waals surface area contributed by atoms with Crippen LogP contribution >= 0.6 is 11.3 Å². The van der Waals surface area contributed by atoms with Gasteiger partial charge in [0.2, 0.25) is 0 Å². The van der Waals surface area contributed by atoms with Crippen LogP contribution in [0.5, 0.6) is 0 Å². The third kappa shape index (κ3) is 2.29. The van der Waals surface area contributed by atoms with Gasteiger partial charge in [0.05, 0.1) is 6.04 Å². The van der Waals surface area contributed by atoms with Crippen LogP contribution in [0.2, 0.25) is 0 Å². The molecule has 0 saturated carbocycles. The molecule has 84 valence electrons. The van der Waals surface area contributed by atoms with Gasteiger partial charge in [0.1, 0.15) is 0 Å². The van der Waals surface area contributed by atoms with E-state index in [9.17, 15) is 0 Å².